The van der Waals surface area contributed by atoms with E-state index >= 15 is 0 Å². The second kappa shape index (κ2) is 3.12. The molecule has 1 N–H and O–H groups in total. The van der Waals surface area contributed by atoms with Gasteiger partial charge in [0.05, 0.1) is 12.1 Å². The van der Waals surface area contributed by atoms with E-state index in [2.05, 4.69) is 5.16 Å². The summed E-state index contributed by atoms with van der Waals surface area (Å²) in [5.41, 5.74) is 0.563. The van der Waals surface area contributed by atoms with Crippen LogP contribution in [0, 0.1) is 6.92 Å². The minimum atomic E-state index is -0.759. The minimum Gasteiger partial charge on any atom is -0.481 e. The Labute approximate surface area is 81.9 Å². The van der Waals surface area contributed by atoms with E-state index in [1.807, 2.05) is 13.0 Å². The van der Waals surface area contributed by atoms with Crippen molar-refractivity contribution in [1.29, 1.82) is 0 Å². The first-order valence-corrected chi connectivity index (χ1v) is 4.78. The Balaban J connectivity index is 2.24. The van der Waals surface area contributed by atoms with Crippen LogP contribution in [0.25, 0.3) is 0 Å². The molecule has 0 saturated heterocycles. The smallest absolute Gasteiger partial charge is 0.304 e. The molecule has 0 bridgehead atoms. The van der Waals surface area contributed by atoms with Gasteiger partial charge in [0.25, 0.3) is 0 Å². The predicted molar refractivity (Wildman–Crippen MR) is 49.0 cm³/mol. The van der Waals surface area contributed by atoms with Gasteiger partial charge in [-0.3, -0.25) is 4.79 Å². The lowest BCUT2D eigenvalue weighted by atomic mass is 9.64. The van der Waals surface area contributed by atoms with Crippen molar-refractivity contribution in [1.82, 2.24) is 5.16 Å². The van der Waals surface area contributed by atoms with Crippen LogP contribution in [0.4, 0.5) is 0 Å². The maximum atomic E-state index is 10.7. The number of carboxylic acids is 1. The zero-order chi connectivity index (χ0) is 10.2. The fourth-order valence-corrected chi connectivity index (χ4v) is 2.03. The molecule has 14 heavy (non-hydrogen) atoms. The molecule has 0 radical (unpaired) electrons. The van der Waals surface area contributed by atoms with Gasteiger partial charge in [0.15, 0.2) is 0 Å². The molecule has 4 nitrogen and oxygen atoms in total. The third-order valence-corrected chi connectivity index (χ3v) is 2.97. The fourth-order valence-electron chi connectivity index (χ4n) is 2.03. The van der Waals surface area contributed by atoms with Crippen LogP contribution in [0.15, 0.2) is 10.6 Å². The second-order valence-corrected chi connectivity index (χ2v) is 4.03. The molecular weight excluding hydrogens is 182 g/mol. The monoisotopic (exact) mass is 195 g/mol. The Hall–Kier alpha value is -1.32. The van der Waals surface area contributed by atoms with Crippen molar-refractivity contribution in [3.05, 3.63) is 17.5 Å². The van der Waals surface area contributed by atoms with E-state index in [9.17, 15) is 4.79 Å². The number of carboxylic acid groups (broad SMARTS) is 1. The van der Waals surface area contributed by atoms with Crippen LogP contribution in [0.1, 0.15) is 37.1 Å². The average Bonchev–Trinajstić information content (AvgIpc) is 2.44. The van der Waals surface area contributed by atoms with Crippen LogP contribution in [-0.2, 0) is 10.2 Å². The molecule has 1 saturated carbocycles. The van der Waals surface area contributed by atoms with Gasteiger partial charge in [0, 0.05) is 11.5 Å². The van der Waals surface area contributed by atoms with Crippen molar-refractivity contribution >= 4 is 5.97 Å². The van der Waals surface area contributed by atoms with Crippen LogP contribution < -0.4 is 0 Å². The summed E-state index contributed by atoms with van der Waals surface area (Å²) in [7, 11) is 0. The summed E-state index contributed by atoms with van der Waals surface area (Å²) in [5.74, 6) is -0.0120. The standard InChI is InChI=1S/C10H13NO3/c1-7-5-8(11-14-7)10(3-2-4-10)6-9(12)13/h5H,2-4,6H2,1H3,(H,12,13). The Morgan fingerprint density at radius 1 is 1.71 bits per heavy atom. The van der Waals surface area contributed by atoms with Crippen LogP contribution in [0.3, 0.4) is 0 Å². The van der Waals surface area contributed by atoms with E-state index in [0.29, 0.717) is 0 Å². The molecule has 0 spiro atoms. The summed E-state index contributed by atoms with van der Waals surface area (Å²) in [5, 5.41) is 12.7. The third-order valence-electron chi connectivity index (χ3n) is 2.97. The molecule has 2 rings (SSSR count). The number of aliphatic carboxylic acids is 1. The largest absolute Gasteiger partial charge is 0.481 e. The van der Waals surface area contributed by atoms with Gasteiger partial charge < -0.3 is 9.63 Å². The van der Waals surface area contributed by atoms with Gasteiger partial charge in [-0.1, -0.05) is 11.6 Å². The Morgan fingerprint density at radius 2 is 2.43 bits per heavy atom. The maximum Gasteiger partial charge on any atom is 0.304 e. The molecule has 1 heterocycles. The zero-order valence-electron chi connectivity index (χ0n) is 8.12. The first-order valence-electron chi connectivity index (χ1n) is 4.78. The Morgan fingerprint density at radius 3 is 2.79 bits per heavy atom. The molecule has 0 atom stereocenters. The molecule has 76 valence electrons. The van der Waals surface area contributed by atoms with E-state index < -0.39 is 5.97 Å². The lowest BCUT2D eigenvalue weighted by Gasteiger charge is -2.38. The minimum absolute atomic E-state index is 0.166. The van der Waals surface area contributed by atoms with E-state index in [-0.39, 0.29) is 11.8 Å². The Kier molecular flexibility index (Phi) is 2.06. The first-order chi connectivity index (χ1) is 6.62. The van der Waals surface area contributed by atoms with Gasteiger partial charge in [0.2, 0.25) is 0 Å². The molecule has 0 aromatic carbocycles. The molecular formula is C10H13NO3. The number of rotatable bonds is 3. The second-order valence-electron chi connectivity index (χ2n) is 4.03. The molecule has 1 aliphatic rings. The number of hydrogen-bond donors (Lipinski definition) is 1. The SMILES string of the molecule is Cc1cc(C2(CC(=O)O)CCC2)no1. The summed E-state index contributed by atoms with van der Waals surface area (Å²) in [6.45, 7) is 1.82. The highest BCUT2D eigenvalue weighted by atomic mass is 16.5. The topological polar surface area (TPSA) is 63.3 Å². The molecule has 1 aromatic heterocycles. The van der Waals surface area contributed by atoms with Gasteiger partial charge in [-0.05, 0) is 19.8 Å². The van der Waals surface area contributed by atoms with Gasteiger partial charge >= 0.3 is 5.97 Å². The van der Waals surface area contributed by atoms with Gasteiger partial charge in [-0.25, -0.2) is 0 Å². The molecule has 1 aromatic rings. The highest BCUT2D eigenvalue weighted by Gasteiger charge is 2.42. The lowest BCUT2D eigenvalue weighted by molar-refractivity contribution is -0.139. The number of aromatic nitrogens is 1. The van der Waals surface area contributed by atoms with E-state index in [0.717, 1.165) is 30.7 Å². The van der Waals surface area contributed by atoms with Gasteiger partial charge in [0.1, 0.15) is 5.76 Å². The molecule has 1 fully saturated rings. The number of aryl methyl sites for hydroxylation is 1. The lowest BCUT2D eigenvalue weighted by Crippen LogP contribution is -2.36. The van der Waals surface area contributed by atoms with Crippen LogP contribution in [0.5, 0.6) is 0 Å². The quantitative estimate of drug-likeness (QED) is 0.799. The van der Waals surface area contributed by atoms with Crippen molar-refractivity contribution in [2.45, 2.75) is 38.0 Å². The number of carbonyl (C=O) groups is 1. The first kappa shape index (κ1) is 9.24. The highest BCUT2D eigenvalue weighted by molar-refractivity contribution is 5.69. The van der Waals surface area contributed by atoms with Crippen molar-refractivity contribution in [3.8, 4) is 0 Å². The number of nitrogens with zero attached hydrogens (tertiary/aromatic N) is 1. The maximum absolute atomic E-state index is 10.7. The van der Waals surface area contributed by atoms with Crippen molar-refractivity contribution in [2.24, 2.45) is 0 Å². The predicted octanol–water partition coefficient (Wildman–Crippen LogP) is 1.88. The summed E-state index contributed by atoms with van der Waals surface area (Å²) >= 11 is 0. The molecule has 0 unspecified atom stereocenters. The van der Waals surface area contributed by atoms with Crippen molar-refractivity contribution < 1.29 is 14.4 Å². The van der Waals surface area contributed by atoms with Crippen molar-refractivity contribution in [3.63, 3.8) is 0 Å². The summed E-state index contributed by atoms with van der Waals surface area (Å²) in [4.78, 5) is 10.7. The van der Waals surface area contributed by atoms with Crippen molar-refractivity contribution in [2.75, 3.05) is 0 Å². The highest BCUT2D eigenvalue weighted by Crippen LogP contribution is 2.45. The molecule has 1 aliphatic carbocycles. The normalized spacial score (nSPS) is 18.9. The molecule has 0 amide bonds. The van der Waals surface area contributed by atoms with E-state index in [4.69, 9.17) is 9.63 Å². The van der Waals surface area contributed by atoms with Gasteiger partial charge in [-0.2, -0.15) is 0 Å². The van der Waals surface area contributed by atoms with Crippen LogP contribution in [0.2, 0.25) is 0 Å². The summed E-state index contributed by atoms with van der Waals surface area (Å²) < 4.78 is 4.99. The van der Waals surface area contributed by atoms with Crippen LogP contribution >= 0.6 is 0 Å². The average molecular weight is 195 g/mol. The van der Waals surface area contributed by atoms with Crippen LogP contribution in [-0.4, -0.2) is 16.2 Å². The molecule has 4 heteroatoms. The van der Waals surface area contributed by atoms with E-state index in [1.54, 1.807) is 0 Å². The van der Waals surface area contributed by atoms with E-state index in [1.165, 1.54) is 0 Å². The molecule has 0 aliphatic heterocycles. The fraction of sp³-hybridized carbons (Fsp3) is 0.600. The summed E-state index contributed by atoms with van der Waals surface area (Å²) in [6, 6.07) is 1.85. The van der Waals surface area contributed by atoms with Gasteiger partial charge in [-0.15, -0.1) is 0 Å². The number of hydrogen-bond acceptors (Lipinski definition) is 3. The third kappa shape index (κ3) is 1.41. The summed E-state index contributed by atoms with van der Waals surface area (Å²) in [6.07, 6.45) is 3.06. The zero-order valence-corrected chi connectivity index (χ0v) is 8.12. The Bertz CT molecular complexity index is 352.